The third-order valence-electron chi connectivity index (χ3n) is 4.69. The summed E-state index contributed by atoms with van der Waals surface area (Å²) in [6.45, 7) is 3.73. The van der Waals surface area contributed by atoms with Crippen LogP contribution >= 0.6 is 0 Å². The average Bonchev–Trinajstić information content (AvgIpc) is 2.75. The number of ether oxygens (including phenoxy) is 1. The van der Waals surface area contributed by atoms with E-state index in [0.717, 1.165) is 49.4 Å². The summed E-state index contributed by atoms with van der Waals surface area (Å²) < 4.78 is 5.19. The number of rotatable bonds is 5. The Morgan fingerprint density at radius 2 is 1.56 bits per heavy atom. The van der Waals surface area contributed by atoms with E-state index >= 15 is 0 Å². The molecule has 1 N–H and O–H groups in total. The van der Waals surface area contributed by atoms with Crippen molar-refractivity contribution in [1.29, 1.82) is 0 Å². The van der Waals surface area contributed by atoms with Crippen molar-refractivity contribution in [1.82, 2.24) is 9.97 Å². The summed E-state index contributed by atoms with van der Waals surface area (Å²) in [6.07, 6.45) is 1.80. The van der Waals surface area contributed by atoms with E-state index in [0.29, 0.717) is 0 Å². The van der Waals surface area contributed by atoms with Crippen LogP contribution in [0.3, 0.4) is 0 Å². The zero-order valence-corrected chi connectivity index (χ0v) is 15.4. The van der Waals surface area contributed by atoms with E-state index in [9.17, 15) is 0 Å². The van der Waals surface area contributed by atoms with Crippen LogP contribution in [0.5, 0.6) is 5.75 Å². The lowest BCUT2D eigenvalue weighted by Crippen LogP contribution is -2.47. The zero-order chi connectivity index (χ0) is 18.5. The number of aromatic nitrogens is 2. The van der Waals surface area contributed by atoms with Gasteiger partial charge in [0.25, 0.3) is 0 Å². The van der Waals surface area contributed by atoms with Crippen molar-refractivity contribution >= 4 is 23.1 Å². The van der Waals surface area contributed by atoms with E-state index in [4.69, 9.17) is 4.74 Å². The van der Waals surface area contributed by atoms with Gasteiger partial charge in [-0.05, 0) is 42.5 Å². The summed E-state index contributed by atoms with van der Waals surface area (Å²) in [7, 11) is 1.66. The Morgan fingerprint density at radius 1 is 0.852 bits per heavy atom. The fourth-order valence-electron chi connectivity index (χ4n) is 3.20. The Morgan fingerprint density at radius 3 is 2.26 bits per heavy atom. The highest BCUT2D eigenvalue weighted by atomic mass is 16.5. The van der Waals surface area contributed by atoms with E-state index in [2.05, 4.69) is 55.4 Å². The van der Waals surface area contributed by atoms with Crippen LogP contribution in [-0.2, 0) is 0 Å². The van der Waals surface area contributed by atoms with Crippen LogP contribution in [-0.4, -0.2) is 43.3 Å². The predicted octanol–water partition coefficient (Wildman–Crippen LogP) is 3.56. The quantitative estimate of drug-likeness (QED) is 0.750. The van der Waals surface area contributed by atoms with E-state index in [1.807, 2.05) is 30.3 Å². The standard InChI is InChI=1S/C21H23N5O/c1-27-19-9-7-17(8-10-19)23-20-11-12-22-21(24-20)26-15-13-25(14-16-26)18-5-3-2-4-6-18/h2-12H,13-16H2,1H3,(H,22,23,24). The normalized spacial score (nSPS) is 14.1. The van der Waals surface area contributed by atoms with Crippen molar-refractivity contribution in [2.45, 2.75) is 0 Å². The molecule has 1 aliphatic heterocycles. The van der Waals surface area contributed by atoms with Crippen LogP contribution in [0.25, 0.3) is 0 Å². The summed E-state index contributed by atoms with van der Waals surface area (Å²) >= 11 is 0. The first-order chi connectivity index (χ1) is 13.3. The van der Waals surface area contributed by atoms with Gasteiger partial charge in [-0.25, -0.2) is 4.98 Å². The van der Waals surface area contributed by atoms with Crippen LogP contribution in [0.2, 0.25) is 0 Å². The fraction of sp³-hybridized carbons (Fsp3) is 0.238. The highest BCUT2D eigenvalue weighted by Gasteiger charge is 2.19. The molecule has 0 unspecified atom stereocenters. The zero-order valence-electron chi connectivity index (χ0n) is 15.4. The van der Waals surface area contributed by atoms with Crippen molar-refractivity contribution in [3.05, 3.63) is 66.9 Å². The second kappa shape index (κ2) is 7.95. The largest absolute Gasteiger partial charge is 0.497 e. The smallest absolute Gasteiger partial charge is 0.227 e. The Labute approximate surface area is 159 Å². The molecule has 27 heavy (non-hydrogen) atoms. The van der Waals surface area contributed by atoms with Crippen LogP contribution in [0.4, 0.5) is 23.1 Å². The summed E-state index contributed by atoms with van der Waals surface area (Å²) in [4.78, 5) is 13.8. The highest BCUT2D eigenvalue weighted by Crippen LogP contribution is 2.21. The van der Waals surface area contributed by atoms with E-state index in [1.54, 1.807) is 13.3 Å². The van der Waals surface area contributed by atoms with Gasteiger partial charge in [0.15, 0.2) is 0 Å². The molecule has 0 amide bonds. The molecule has 0 bridgehead atoms. The topological polar surface area (TPSA) is 53.5 Å². The number of methoxy groups -OCH3 is 1. The third-order valence-corrected chi connectivity index (χ3v) is 4.69. The summed E-state index contributed by atoms with van der Waals surface area (Å²) in [5.74, 6) is 2.39. The minimum absolute atomic E-state index is 0.765. The van der Waals surface area contributed by atoms with Crippen molar-refractivity contribution in [2.75, 3.05) is 48.4 Å². The molecular formula is C21H23N5O. The minimum atomic E-state index is 0.765. The molecule has 0 atom stereocenters. The Balaban J connectivity index is 1.40. The van der Waals surface area contributed by atoms with Gasteiger partial charge in [0.05, 0.1) is 7.11 Å². The predicted molar refractivity (Wildman–Crippen MR) is 109 cm³/mol. The monoisotopic (exact) mass is 361 g/mol. The molecule has 2 aromatic carbocycles. The SMILES string of the molecule is COc1ccc(Nc2ccnc(N3CCN(c4ccccc4)CC3)n2)cc1. The number of nitrogens with one attached hydrogen (secondary N) is 1. The second-order valence-electron chi connectivity index (χ2n) is 6.41. The number of hydrogen-bond acceptors (Lipinski definition) is 6. The van der Waals surface area contributed by atoms with Crippen molar-refractivity contribution in [3.8, 4) is 5.75 Å². The van der Waals surface area contributed by atoms with Gasteiger partial charge in [-0.1, -0.05) is 18.2 Å². The Kier molecular flexibility index (Phi) is 5.05. The van der Waals surface area contributed by atoms with Gasteiger partial charge in [0, 0.05) is 43.8 Å². The molecule has 1 aliphatic rings. The van der Waals surface area contributed by atoms with Crippen molar-refractivity contribution in [3.63, 3.8) is 0 Å². The maximum atomic E-state index is 5.19. The van der Waals surface area contributed by atoms with Gasteiger partial charge in [0.2, 0.25) is 5.95 Å². The fourth-order valence-corrected chi connectivity index (χ4v) is 3.20. The van der Waals surface area contributed by atoms with E-state index < -0.39 is 0 Å². The summed E-state index contributed by atoms with van der Waals surface area (Å²) in [6, 6.07) is 20.2. The first-order valence-corrected chi connectivity index (χ1v) is 9.11. The molecule has 1 aromatic heterocycles. The van der Waals surface area contributed by atoms with Gasteiger partial charge in [-0.15, -0.1) is 0 Å². The lowest BCUT2D eigenvalue weighted by Gasteiger charge is -2.36. The molecule has 0 saturated carbocycles. The first-order valence-electron chi connectivity index (χ1n) is 9.11. The molecule has 0 radical (unpaired) electrons. The van der Waals surface area contributed by atoms with Crippen LogP contribution in [0, 0.1) is 0 Å². The van der Waals surface area contributed by atoms with Crippen LogP contribution < -0.4 is 19.9 Å². The maximum absolute atomic E-state index is 5.19. The highest BCUT2D eigenvalue weighted by molar-refractivity contribution is 5.58. The molecule has 6 nitrogen and oxygen atoms in total. The van der Waals surface area contributed by atoms with Crippen LogP contribution in [0.1, 0.15) is 0 Å². The van der Waals surface area contributed by atoms with Gasteiger partial charge in [-0.3, -0.25) is 0 Å². The molecule has 0 spiro atoms. The number of anilines is 4. The molecule has 1 fully saturated rings. The third kappa shape index (κ3) is 4.11. The maximum Gasteiger partial charge on any atom is 0.227 e. The summed E-state index contributed by atoms with van der Waals surface area (Å²) in [5.41, 5.74) is 2.24. The number of para-hydroxylation sites is 1. The molecule has 3 aromatic rings. The lowest BCUT2D eigenvalue weighted by molar-refractivity contribution is 0.415. The van der Waals surface area contributed by atoms with Gasteiger partial charge in [-0.2, -0.15) is 4.98 Å². The average molecular weight is 361 g/mol. The molecule has 1 saturated heterocycles. The molecule has 4 rings (SSSR count). The number of piperazine rings is 1. The van der Waals surface area contributed by atoms with Crippen molar-refractivity contribution < 1.29 is 4.74 Å². The van der Waals surface area contributed by atoms with Gasteiger partial charge in [0.1, 0.15) is 11.6 Å². The molecule has 2 heterocycles. The second-order valence-corrected chi connectivity index (χ2v) is 6.41. The number of benzene rings is 2. The van der Waals surface area contributed by atoms with Crippen LogP contribution in [0.15, 0.2) is 66.9 Å². The molecule has 0 aliphatic carbocycles. The first kappa shape index (κ1) is 17.1. The molecular weight excluding hydrogens is 338 g/mol. The lowest BCUT2D eigenvalue weighted by atomic mass is 10.2. The molecule has 6 heteroatoms. The number of nitrogens with zero attached hydrogens (tertiary/aromatic N) is 4. The van der Waals surface area contributed by atoms with E-state index in [-0.39, 0.29) is 0 Å². The van der Waals surface area contributed by atoms with Gasteiger partial charge < -0.3 is 19.9 Å². The number of hydrogen-bond donors (Lipinski definition) is 1. The van der Waals surface area contributed by atoms with Crippen molar-refractivity contribution in [2.24, 2.45) is 0 Å². The van der Waals surface area contributed by atoms with Gasteiger partial charge >= 0.3 is 0 Å². The Bertz CT molecular complexity index is 861. The summed E-state index contributed by atoms with van der Waals surface area (Å²) in [5, 5.41) is 3.33. The minimum Gasteiger partial charge on any atom is -0.497 e. The molecule has 138 valence electrons. The Hall–Kier alpha value is -3.28. The van der Waals surface area contributed by atoms with E-state index in [1.165, 1.54) is 5.69 Å².